The summed E-state index contributed by atoms with van der Waals surface area (Å²) in [6.07, 6.45) is 2.16. The molecule has 0 saturated heterocycles. The first kappa shape index (κ1) is 15.6. The molecule has 1 fully saturated rings. The highest BCUT2D eigenvalue weighted by molar-refractivity contribution is 6.00. The zero-order valence-corrected chi connectivity index (χ0v) is 13.4. The van der Waals surface area contributed by atoms with E-state index in [0.29, 0.717) is 11.8 Å². The number of nitrogens with one attached hydrogen (secondary N) is 1. The number of Topliss-reactive ketones (excluding diaryl/α,β-unsaturated/α-hetero) is 1. The number of hydrogen-bond donors (Lipinski definition) is 1. The molecule has 1 aromatic carbocycles. The summed E-state index contributed by atoms with van der Waals surface area (Å²) in [5.41, 5.74) is 1.59. The molecule has 1 saturated carbocycles. The van der Waals surface area contributed by atoms with Gasteiger partial charge < -0.3 is 10.1 Å². The Morgan fingerprint density at radius 2 is 1.86 bits per heavy atom. The normalized spacial score (nSPS) is 16.2. The Kier molecular flexibility index (Phi) is 4.40. The molecule has 0 aliphatic heterocycles. The lowest BCUT2D eigenvalue weighted by atomic mass is 9.99. The highest BCUT2D eigenvalue weighted by Gasteiger charge is 2.37. The second kappa shape index (κ2) is 5.92. The molecule has 1 unspecified atom stereocenters. The van der Waals surface area contributed by atoms with E-state index in [1.165, 1.54) is 0 Å². The quantitative estimate of drug-likeness (QED) is 0.638. The van der Waals surface area contributed by atoms with E-state index < -0.39 is 0 Å². The molecule has 0 heterocycles. The second-order valence-electron chi connectivity index (χ2n) is 6.83. The van der Waals surface area contributed by atoms with Crippen LogP contribution in [0.5, 0.6) is 0 Å². The van der Waals surface area contributed by atoms with Crippen LogP contribution in [-0.4, -0.2) is 17.4 Å². The molecule has 0 spiro atoms. The van der Waals surface area contributed by atoms with Crippen LogP contribution in [0.1, 0.15) is 49.5 Å². The third-order valence-corrected chi connectivity index (χ3v) is 3.46. The maximum atomic E-state index is 12.7. The SMILES string of the molecule is C=C(NC(C(=O)c1ccc(C)cc1)C1CC1)OC(C)(C)C. The Morgan fingerprint density at radius 3 is 2.33 bits per heavy atom. The first-order valence-electron chi connectivity index (χ1n) is 7.51. The predicted octanol–water partition coefficient (Wildman–Crippen LogP) is 3.83. The molecule has 2 rings (SSSR count). The van der Waals surface area contributed by atoms with Crippen LogP contribution >= 0.6 is 0 Å². The Morgan fingerprint density at radius 1 is 1.29 bits per heavy atom. The molecule has 0 aromatic heterocycles. The van der Waals surface area contributed by atoms with Crippen molar-refractivity contribution < 1.29 is 9.53 Å². The van der Waals surface area contributed by atoms with Gasteiger partial charge in [-0.2, -0.15) is 0 Å². The maximum absolute atomic E-state index is 12.7. The first-order chi connectivity index (χ1) is 9.76. The first-order valence-corrected chi connectivity index (χ1v) is 7.51. The zero-order chi connectivity index (χ0) is 15.6. The average Bonchev–Trinajstić information content (AvgIpc) is 3.18. The van der Waals surface area contributed by atoms with Crippen molar-refractivity contribution in [1.29, 1.82) is 0 Å². The minimum absolute atomic E-state index is 0.121. The van der Waals surface area contributed by atoms with Gasteiger partial charge in [0.25, 0.3) is 0 Å². The smallest absolute Gasteiger partial charge is 0.185 e. The van der Waals surface area contributed by atoms with Gasteiger partial charge in [-0.05, 0) is 53.0 Å². The number of benzene rings is 1. The third kappa shape index (κ3) is 4.62. The van der Waals surface area contributed by atoms with Crippen LogP contribution in [-0.2, 0) is 4.74 Å². The summed E-state index contributed by atoms with van der Waals surface area (Å²) in [6.45, 7) is 11.8. The van der Waals surface area contributed by atoms with Gasteiger partial charge in [-0.1, -0.05) is 29.8 Å². The molecule has 0 amide bonds. The molecule has 1 aliphatic rings. The molecule has 1 atom stereocenters. The van der Waals surface area contributed by atoms with E-state index in [2.05, 4.69) is 11.9 Å². The van der Waals surface area contributed by atoms with E-state index in [4.69, 9.17) is 4.74 Å². The summed E-state index contributed by atoms with van der Waals surface area (Å²) in [4.78, 5) is 12.7. The van der Waals surface area contributed by atoms with Gasteiger partial charge in [-0.3, -0.25) is 4.79 Å². The number of ether oxygens (including phenoxy) is 1. The molecule has 3 heteroatoms. The fourth-order valence-corrected chi connectivity index (χ4v) is 2.30. The monoisotopic (exact) mass is 287 g/mol. The summed E-state index contributed by atoms with van der Waals surface area (Å²) < 4.78 is 5.69. The molecule has 1 aliphatic carbocycles. The molecular formula is C18H25NO2. The van der Waals surface area contributed by atoms with E-state index in [1.54, 1.807) is 0 Å². The lowest BCUT2D eigenvalue weighted by Gasteiger charge is -2.26. The summed E-state index contributed by atoms with van der Waals surface area (Å²) in [6, 6.07) is 7.49. The summed E-state index contributed by atoms with van der Waals surface area (Å²) in [7, 11) is 0. The fourth-order valence-electron chi connectivity index (χ4n) is 2.30. The molecule has 0 bridgehead atoms. The number of aryl methyl sites for hydroxylation is 1. The van der Waals surface area contributed by atoms with Crippen LogP contribution in [0.3, 0.4) is 0 Å². The summed E-state index contributed by atoms with van der Waals surface area (Å²) in [5, 5.41) is 3.18. The van der Waals surface area contributed by atoms with Crippen molar-refractivity contribution in [1.82, 2.24) is 5.32 Å². The van der Waals surface area contributed by atoms with E-state index in [9.17, 15) is 4.79 Å². The van der Waals surface area contributed by atoms with Gasteiger partial charge in [0, 0.05) is 5.56 Å². The number of rotatable bonds is 6. The molecule has 3 nitrogen and oxygen atoms in total. The highest BCUT2D eigenvalue weighted by atomic mass is 16.5. The lowest BCUT2D eigenvalue weighted by Crippen LogP contribution is -2.40. The molecule has 114 valence electrons. The van der Waals surface area contributed by atoms with Crippen LogP contribution in [0.2, 0.25) is 0 Å². The Hall–Kier alpha value is -1.77. The van der Waals surface area contributed by atoms with E-state index in [1.807, 2.05) is 52.0 Å². The molecule has 1 aromatic rings. The van der Waals surface area contributed by atoms with Crippen molar-refractivity contribution in [3.05, 3.63) is 47.9 Å². The van der Waals surface area contributed by atoms with Gasteiger partial charge in [0.1, 0.15) is 5.60 Å². The Labute approximate surface area is 127 Å². The number of carbonyl (C=O) groups excluding carboxylic acids is 1. The van der Waals surface area contributed by atoms with E-state index >= 15 is 0 Å². The van der Waals surface area contributed by atoms with Crippen LogP contribution in [0.25, 0.3) is 0 Å². The van der Waals surface area contributed by atoms with Crippen LogP contribution in [0.4, 0.5) is 0 Å². The van der Waals surface area contributed by atoms with Crippen molar-refractivity contribution in [3.8, 4) is 0 Å². The van der Waals surface area contributed by atoms with Crippen molar-refractivity contribution in [2.45, 2.75) is 52.2 Å². The van der Waals surface area contributed by atoms with Crippen LogP contribution in [0, 0.1) is 12.8 Å². The largest absolute Gasteiger partial charge is 0.474 e. The van der Waals surface area contributed by atoms with Gasteiger partial charge in [0.05, 0.1) is 6.04 Å². The Balaban J connectivity index is 2.07. The van der Waals surface area contributed by atoms with Gasteiger partial charge in [-0.25, -0.2) is 0 Å². The average molecular weight is 287 g/mol. The molecular weight excluding hydrogens is 262 g/mol. The number of carbonyl (C=O) groups is 1. The highest BCUT2D eigenvalue weighted by Crippen LogP contribution is 2.34. The fraction of sp³-hybridized carbons (Fsp3) is 0.500. The third-order valence-electron chi connectivity index (χ3n) is 3.46. The van der Waals surface area contributed by atoms with E-state index in [0.717, 1.165) is 24.0 Å². The van der Waals surface area contributed by atoms with Gasteiger partial charge in [-0.15, -0.1) is 0 Å². The van der Waals surface area contributed by atoms with Crippen LogP contribution < -0.4 is 5.32 Å². The molecule has 1 N–H and O–H groups in total. The Bertz CT molecular complexity index is 521. The lowest BCUT2D eigenvalue weighted by molar-refractivity contribution is 0.0367. The van der Waals surface area contributed by atoms with Crippen molar-refractivity contribution in [3.63, 3.8) is 0 Å². The van der Waals surface area contributed by atoms with Crippen LogP contribution in [0.15, 0.2) is 36.7 Å². The van der Waals surface area contributed by atoms with Gasteiger partial charge >= 0.3 is 0 Å². The van der Waals surface area contributed by atoms with Gasteiger partial charge in [0.2, 0.25) is 0 Å². The van der Waals surface area contributed by atoms with Crippen molar-refractivity contribution >= 4 is 5.78 Å². The summed E-state index contributed by atoms with van der Waals surface area (Å²) >= 11 is 0. The minimum atomic E-state index is -0.314. The van der Waals surface area contributed by atoms with Gasteiger partial charge in [0.15, 0.2) is 11.7 Å². The standard InChI is InChI=1S/C18H25NO2/c1-12-6-8-15(9-7-12)17(20)16(14-10-11-14)19-13(2)21-18(3,4)5/h6-9,14,16,19H,2,10-11H2,1,3-5H3. The van der Waals surface area contributed by atoms with Crippen molar-refractivity contribution in [2.24, 2.45) is 5.92 Å². The maximum Gasteiger partial charge on any atom is 0.185 e. The summed E-state index contributed by atoms with van der Waals surface area (Å²) in [5.74, 6) is 0.982. The minimum Gasteiger partial charge on any atom is -0.474 e. The predicted molar refractivity (Wildman–Crippen MR) is 85.1 cm³/mol. The van der Waals surface area contributed by atoms with Crippen molar-refractivity contribution in [2.75, 3.05) is 0 Å². The zero-order valence-electron chi connectivity index (χ0n) is 13.4. The number of ketones is 1. The number of hydrogen-bond acceptors (Lipinski definition) is 3. The molecule has 21 heavy (non-hydrogen) atoms. The molecule has 0 radical (unpaired) electrons. The van der Waals surface area contributed by atoms with E-state index in [-0.39, 0.29) is 17.4 Å². The topological polar surface area (TPSA) is 38.3 Å². The second-order valence-corrected chi connectivity index (χ2v) is 6.83.